The lowest BCUT2D eigenvalue weighted by Gasteiger charge is -2.00. The van der Waals surface area contributed by atoms with Gasteiger partial charge in [0.1, 0.15) is 0 Å². The van der Waals surface area contributed by atoms with Crippen molar-refractivity contribution < 1.29 is 0 Å². The van der Waals surface area contributed by atoms with E-state index >= 15 is 0 Å². The third kappa shape index (κ3) is 1.71. The van der Waals surface area contributed by atoms with Crippen LogP contribution in [0.5, 0.6) is 0 Å². The molecule has 0 bridgehead atoms. The second-order valence-corrected chi connectivity index (χ2v) is 4.53. The zero-order valence-electron chi connectivity index (χ0n) is 9.76. The van der Waals surface area contributed by atoms with E-state index in [4.69, 9.17) is 17.3 Å². The second-order valence-electron chi connectivity index (χ2n) is 4.09. The Hall–Kier alpha value is -2.07. The minimum absolute atomic E-state index is 0.645. The van der Waals surface area contributed by atoms with Crippen LogP contribution in [0.15, 0.2) is 36.4 Å². The maximum Gasteiger partial charge on any atom is 0.182 e. The van der Waals surface area contributed by atoms with Crippen LogP contribution in [0.25, 0.3) is 17.0 Å². The van der Waals surface area contributed by atoms with Crippen molar-refractivity contribution in [2.24, 2.45) is 0 Å². The maximum absolute atomic E-state index is 5.97. The first-order valence-electron chi connectivity index (χ1n) is 5.53. The van der Waals surface area contributed by atoms with E-state index in [-0.39, 0.29) is 0 Å². The lowest BCUT2D eigenvalue weighted by Crippen LogP contribution is -1.98. The zero-order chi connectivity index (χ0) is 12.7. The Bertz CT molecular complexity index is 733. The van der Waals surface area contributed by atoms with Gasteiger partial charge in [0, 0.05) is 10.6 Å². The van der Waals surface area contributed by atoms with Gasteiger partial charge in [0.25, 0.3) is 0 Å². The molecule has 0 spiro atoms. The number of aromatic nitrogens is 3. The number of rotatable bonds is 1. The molecule has 0 fully saturated rings. The zero-order valence-corrected chi connectivity index (χ0v) is 10.5. The molecule has 0 saturated carbocycles. The lowest BCUT2D eigenvalue weighted by molar-refractivity contribution is 0.922. The summed E-state index contributed by atoms with van der Waals surface area (Å²) in [6.07, 6.45) is 0. The Morgan fingerprint density at radius 1 is 1.22 bits per heavy atom. The van der Waals surface area contributed by atoms with E-state index in [2.05, 4.69) is 10.1 Å². The van der Waals surface area contributed by atoms with Crippen LogP contribution in [0.1, 0.15) is 5.69 Å². The van der Waals surface area contributed by atoms with Gasteiger partial charge in [-0.1, -0.05) is 23.7 Å². The molecule has 2 aromatic heterocycles. The van der Waals surface area contributed by atoms with Crippen molar-refractivity contribution >= 4 is 22.9 Å². The molecule has 0 unspecified atom stereocenters. The van der Waals surface area contributed by atoms with Crippen LogP contribution in [-0.2, 0) is 0 Å². The molecule has 3 aromatic rings. The van der Waals surface area contributed by atoms with Gasteiger partial charge in [0.05, 0.1) is 11.4 Å². The highest BCUT2D eigenvalue weighted by Gasteiger charge is 2.09. The van der Waals surface area contributed by atoms with Crippen molar-refractivity contribution in [3.05, 3.63) is 47.1 Å². The van der Waals surface area contributed by atoms with E-state index in [9.17, 15) is 0 Å². The first-order chi connectivity index (χ1) is 8.65. The topological polar surface area (TPSA) is 56.2 Å². The molecule has 0 aliphatic heterocycles. The Kier molecular flexibility index (Phi) is 2.45. The monoisotopic (exact) mass is 258 g/mol. The van der Waals surface area contributed by atoms with E-state index in [1.54, 1.807) is 4.52 Å². The molecule has 2 N–H and O–H groups in total. The number of anilines is 1. The van der Waals surface area contributed by atoms with Crippen molar-refractivity contribution in [2.75, 3.05) is 5.73 Å². The number of nitrogen functional groups attached to an aromatic ring is 1. The molecule has 0 radical (unpaired) electrons. The molecule has 0 amide bonds. The number of nitrogens with two attached hydrogens (primary N) is 1. The molecule has 4 nitrogen and oxygen atoms in total. The van der Waals surface area contributed by atoms with Crippen LogP contribution in [0.4, 0.5) is 5.69 Å². The van der Waals surface area contributed by atoms with E-state index in [0.717, 1.165) is 16.9 Å². The highest BCUT2D eigenvalue weighted by molar-refractivity contribution is 6.30. The van der Waals surface area contributed by atoms with Crippen molar-refractivity contribution in [1.82, 2.24) is 14.6 Å². The standard InChI is InChI=1S/C13H11ClN4/c1-8-11(15)5-6-12-16-13(17-18(8)12)9-3-2-4-10(14)7-9/h2-7H,15H2,1H3. The van der Waals surface area contributed by atoms with Crippen LogP contribution >= 0.6 is 11.6 Å². The number of fused-ring (bicyclic) bond motifs is 1. The number of nitrogens with zero attached hydrogens (tertiary/aromatic N) is 3. The van der Waals surface area contributed by atoms with Crippen LogP contribution in [-0.4, -0.2) is 14.6 Å². The number of hydrogen-bond acceptors (Lipinski definition) is 3. The van der Waals surface area contributed by atoms with Crippen LogP contribution < -0.4 is 5.73 Å². The molecule has 5 heteroatoms. The quantitative estimate of drug-likeness (QED) is 0.730. The van der Waals surface area contributed by atoms with Crippen LogP contribution in [0, 0.1) is 6.92 Å². The summed E-state index contributed by atoms with van der Waals surface area (Å²) in [6, 6.07) is 11.2. The van der Waals surface area contributed by atoms with Gasteiger partial charge in [-0.25, -0.2) is 9.50 Å². The van der Waals surface area contributed by atoms with Gasteiger partial charge in [-0.2, -0.15) is 0 Å². The number of halogens is 1. The fourth-order valence-electron chi connectivity index (χ4n) is 1.84. The average Bonchev–Trinajstić information content (AvgIpc) is 2.79. The molecule has 3 rings (SSSR count). The predicted octanol–water partition coefficient (Wildman–Crippen LogP) is 2.94. The summed E-state index contributed by atoms with van der Waals surface area (Å²) >= 11 is 5.97. The van der Waals surface area contributed by atoms with Gasteiger partial charge in [-0.3, -0.25) is 0 Å². The molecule has 0 aliphatic rings. The average molecular weight is 259 g/mol. The lowest BCUT2D eigenvalue weighted by atomic mass is 10.2. The van der Waals surface area contributed by atoms with E-state index in [0.29, 0.717) is 16.5 Å². The summed E-state index contributed by atoms with van der Waals surface area (Å²) < 4.78 is 1.74. The Balaban J connectivity index is 2.23. The minimum atomic E-state index is 0.645. The first kappa shape index (κ1) is 11.0. The van der Waals surface area contributed by atoms with Gasteiger partial charge in [-0.15, -0.1) is 5.10 Å². The minimum Gasteiger partial charge on any atom is -0.397 e. The summed E-state index contributed by atoms with van der Waals surface area (Å²) in [4.78, 5) is 4.46. The van der Waals surface area contributed by atoms with Gasteiger partial charge >= 0.3 is 0 Å². The van der Waals surface area contributed by atoms with E-state index in [1.807, 2.05) is 43.3 Å². The fraction of sp³-hybridized carbons (Fsp3) is 0.0769. The molecule has 2 heterocycles. The fourth-order valence-corrected chi connectivity index (χ4v) is 2.03. The van der Waals surface area contributed by atoms with Gasteiger partial charge in [-0.05, 0) is 31.2 Å². The summed E-state index contributed by atoms with van der Waals surface area (Å²) in [6.45, 7) is 1.92. The Labute approximate surface area is 109 Å². The van der Waals surface area contributed by atoms with E-state index < -0.39 is 0 Å². The maximum atomic E-state index is 5.97. The Morgan fingerprint density at radius 3 is 2.83 bits per heavy atom. The molecule has 0 atom stereocenters. The highest BCUT2D eigenvalue weighted by atomic mass is 35.5. The van der Waals surface area contributed by atoms with Gasteiger partial charge in [0.2, 0.25) is 0 Å². The van der Waals surface area contributed by atoms with Crippen LogP contribution in [0.2, 0.25) is 5.02 Å². The normalized spacial score (nSPS) is 11.0. The van der Waals surface area contributed by atoms with Crippen molar-refractivity contribution in [2.45, 2.75) is 6.92 Å². The SMILES string of the molecule is Cc1c(N)ccc2nc(-c3cccc(Cl)c3)nn12. The summed E-state index contributed by atoms with van der Waals surface area (Å²) in [5, 5.41) is 5.12. The largest absolute Gasteiger partial charge is 0.397 e. The predicted molar refractivity (Wildman–Crippen MR) is 72.6 cm³/mol. The van der Waals surface area contributed by atoms with Gasteiger partial charge < -0.3 is 5.73 Å². The van der Waals surface area contributed by atoms with Crippen molar-refractivity contribution in [1.29, 1.82) is 0 Å². The van der Waals surface area contributed by atoms with E-state index in [1.165, 1.54) is 0 Å². The molecule has 90 valence electrons. The molecule has 0 aliphatic carbocycles. The third-order valence-electron chi connectivity index (χ3n) is 2.86. The number of hydrogen-bond donors (Lipinski definition) is 1. The first-order valence-corrected chi connectivity index (χ1v) is 5.91. The molecule has 0 saturated heterocycles. The Morgan fingerprint density at radius 2 is 2.06 bits per heavy atom. The summed E-state index contributed by atoms with van der Waals surface area (Å²) in [5.74, 6) is 0.645. The van der Waals surface area contributed by atoms with Crippen molar-refractivity contribution in [3.63, 3.8) is 0 Å². The van der Waals surface area contributed by atoms with Gasteiger partial charge in [0.15, 0.2) is 11.5 Å². The molecular formula is C13H11ClN4. The molecule has 1 aromatic carbocycles. The third-order valence-corrected chi connectivity index (χ3v) is 3.10. The smallest absolute Gasteiger partial charge is 0.182 e. The summed E-state index contributed by atoms with van der Waals surface area (Å²) in [5.41, 5.74) is 9.10. The number of pyridine rings is 1. The second kappa shape index (κ2) is 3.99. The van der Waals surface area contributed by atoms with Crippen molar-refractivity contribution in [3.8, 4) is 11.4 Å². The molecular weight excluding hydrogens is 248 g/mol. The van der Waals surface area contributed by atoms with Crippen LogP contribution in [0.3, 0.4) is 0 Å². The number of aryl methyl sites for hydroxylation is 1. The molecule has 18 heavy (non-hydrogen) atoms. The summed E-state index contributed by atoms with van der Waals surface area (Å²) in [7, 11) is 0. The number of benzene rings is 1. The highest BCUT2D eigenvalue weighted by Crippen LogP contribution is 2.21.